The molecule has 19 heavy (non-hydrogen) atoms. The molecule has 0 aliphatic carbocycles. The lowest BCUT2D eigenvalue weighted by atomic mass is 10.1. The first-order valence-corrected chi connectivity index (χ1v) is 8.56. The minimum absolute atomic E-state index is 0.0570. The fraction of sp³-hybridized carbons (Fsp3) is 0.923. The van der Waals surface area contributed by atoms with Crippen molar-refractivity contribution in [1.82, 2.24) is 4.90 Å². The van der Waals surface area contributed by atoms with Gasteiger partial charge in [-0.3, -0.25) is 4.79 Å². The number of rotatable bonds is 6. The number of nitrogens with zero attached hydrogens (tertiary/aromatic N) is 1. The number of piperidine rings is 1. The summed E-state index contributed by atoms with van der Waals surface area (Å²) in [5.41, 5.74) is 0. The molecule has 1 fully saturated rings. The lowest BCUT2D eigenvalue weighted by Crippen LogP contribution is -2.43. The Balaban J connectivity index is 2.46. The summed E-state index contributed by atoms with van der Waals surface area (Å²) < 4.78 is 29.1. The number of amides is 1. The largest absolute Gasteiger partial charge is 0.384 e. The van der Waals surface area contributed by atoms with Gasteiger partial charge < -0.3 is 9.64 Å². The van der Waals surface area contributed by atoms with Crippen molar-refractivity contribution in [1.29, 1.82) is 0 Å². The standard InChI is InChI=1S/C13H25NO4S/c1-11(2)10-19(16,17)12-4-7-14(8-5-12)13(15)6-9-18-3/h11-12H,4-10H2,1-3H3. The highest BCUT2D eigenvalue weighted by Crippen LogP contribution is 2.20. The van der Waals surface area contributed by atoms with Crippen molar-refractivity contribution in [3.8, 4) is 0 Å². The van der Waals surface area contributed by atoms with E-state index in [1.807, 2.05) is 13.8 Å². The van der Waals surface area contributed by atoms with Crippen molar-refractivity contribution in [2.45, 2.75) is 38.4 Å². The summed E-state index contributed by atoms with van der Waals surface area (Å²) in [7, 11) is -1.44. The van der Waals surface area contributed by atoms with Gasteiger partial charge in [-0.05, 0) is 18.8 Å². The summed E-state index contributed by atoms with van der Waals surface area (Å²) in [6.07, 6.45) is 1.50. The van der Waals surface area contributed by atoms with Crippen LogP contribution in [0.3, 0.4) is 0 Å². The number of ether oxygens (including phenoxy) is 1. The van der Waals surface area contributed by atoms with Crippen LogP contribution in [0.1, 0.15) is 33.1 Å². The first kappa shape index (κ1) is 16.4. The molecular weight excluding hydrogens is 266 g/mol. The second kappa shape index (κ2) is 7.24. The van der Waals surface area contributed by atoms with E-state index < -0.39 is 9.84 Å². The minimum atomic E-state index is -3.01. The molecule has 0 atom stereocenters. The molecule has 0 aromatic heterocycles. The van der Waals surface area contributed by atoms with Gasteiger partial charge in [0.05, 0.1) is 24.0 Å². The van der Waals surface area contributed by atoms with E-state index in [2.05, 4.69) is 0 Å². The molecule has 1 saturated heterocycles. The summed E-state index contributed by atoms with van der Waals surface area (Å²) in [4.78, 5) is 13.5. The number of hydrogen-bond donors (Lipinski definition) is 0. The molecule has 1 amide bonds. The molecule has 0 unspecified atom stereocenters. The highest BCUT2D eigenvalue weighted by molar-refractivity contribution is 7.92. The second-order valence-corrected chi connectivity index (χ2v) is 7.87. The van der Waals surface area contributed by atoms with Crippen LogP contribution in [0.25, 0.3) is 0 Å². The minimum Gasteiger partial charge on any atom is -0.384 e. The molecule has 1 aliphatic heterocycles. The van der Waals surface area contributed by atoms with Gasteiger partial charge in [0.1, 0.15) is 0 Å². The first-order chi connectivity index (χ1) is 8.86. The van der Waals surface area contributed by atoms with Crippen molar-refractivity contribution in [3.05, 3.63) is 0 Å². The number of likely N-dealkylation sites (tertiary alicyclic amines) is 1. The van der Waals surface area contributed by atoms with Crippen LogP contribution in [-0.4, -0.2) is 57.0 Å². The molecule has 6 heteroatoms. The van der Waals surface area contributed by atoms with Crippen molar-refractivity contribution < 1.29 is 17.9 Å². The summed E-state index contributed by atoms with van der Waals surface area (Å²) in [6, 6.07) is 0. The van der Waals surface area contributed by atoms with Gasteiger partial charge >= 0.3 is 0 Å². The van der Waals surface area contributed by atoms with Gasteiger partial charge in [-0.1, -0.05) is 13.8 Å². The first-order valence-electron chi connectivity index (χ1n) is 6.85. The predicted octanol–water partition coefficient (Wildman–Crippen LogP) is 1.08. The smallest absolute Gasteiger partial charge is 0.224 e. The maximum Gasteiger partial charge on any atom is 0.224 e. The zero-order chi connectivity index (χ0) is 14.5. The topological polar surface area (TPSA) is 63.7 Å². The summed E-state index contributed by atoms with van der Waals surface area (Å²) in [5.74, 6) is 0.461. The average Bonchev–Trinajstić information content (AvgIpc) is 2.34. The van der Waals surface area contributed by atoms with Crippen LogP contribution >= 0.6 is 0 Å². The van der Waals surface area contributed by atoms with Crippen LogP contribution in [0.2, 0.25) is 0 Å². The van der Waals surface area contributed by atoms with Gasteiger partial charge in [-0.2, -0.15) is 0 Å². The lowest BCUT2D eigenvalue weighted by molar-refractivity contribution is -0.132. The number of methoxy groups -OCH3 is 1. The van der Waals surface area contributed by atoms with Crippen molar-refractivity contribution in [3.63, 3.8) is 0 Å². The van der Waals surface area contributed by atoms with Crippen molar-refractivity contribution in [2.24, 2.45) is 5.92 Å². The third kappa shape index (κ3) is 5.10. The molecule has 0 aromatic carbocycles. The molecule has 0 radical (unpaired) electrons. The molecule has 5 nitrogen and oxygen atoms in total. The van der Waals surface area contributed by atoms with Crippen LogP contribution in [0.4, 0.5) is 0 Å². The second-order valence-electron chi connectivity index (χ2n) is 5.55. The van der Waals surface area contributed by atoms with Gasteiger partial charge in [0.2, 0.25) is 5.91 Å². The third-order valence-electron chi connectivity index (χ3n) is 3.39. The summed E-state index contributed by atoms with van der Waals surface area (Å²) in [5, 5.41) is -0.277. The number of carbonyl (C=O) groups excluding carboxylic acids is 1. The van der Waals surface area contributed by atoms with E-state index in [4.69, 9.17) is 4.74 Å². The normalized spacial score (nSPS) is 18.0. The Bertz CT molecular complexity index is 383. The van der Waals surface area contributed by atoms with Crippen LogP contribution < -0.4 is 0 Å². The Hall–Kier alpha value is -0.620. The van der Waals surface area contributed by atoms with Gasteiger partial charge in [-0.15, -0.1) is 0 Å². The Morgan fingerprint density at radius 3 is 2.37 bits per heavy atom. The van der Waals surface area contributed by atoms with E-state index >= 15 is 0 Å². The molecule has 1 rings (SSSR count). The van der Waals surface area contributed by atoms with Crippen LogP contribution in [-0.2, 0) is 19.4 Å². The fourth-order valence-electron chi connectivity index (χ4n) is 2.41. The summed E-state index contributed by atoms with van der Waals surface area (Å²) >= 11 is 0. The van der Waals surface area contributed by atoms with E-state index in [0.29, 0.717) is 39.0 Å². The maximum absolute atomic E-state index is 12.1. The van der Waals surface area contributed by atoms with E-state index in [0.717, 1.165) is 0 Å². The number of hydrogen-bond acceptors (Lipinski definition) is 4. The van der Waals surface area contributed by atoms with E-state index in [1.165, 1.54) is 0 Å². The van der Waals surface area contributed by atoms with E-state index in [-0.39, 0.29) is 22.8 Å². The molecule has 0 N–H and O–H groups in total. The van der Waals surface area contributed by atoms with Crippen LogP contribution in [0, 0.1) is 5.92 Å². The average molecular weight is 291 g/mol. The quantitative estimate of drug-likeness (QED) is 0.735. The van der Waals surface area contributed by atoms with Gasteiger partial charge in [-0.25, -0.2) is 8.42 Å². The van der Waals surface area contributed by atoms with Gasteiger partial charge in [0.25, 0.3) is 0 Å². The van der Waals surface area contributed by atoms with Crippen molar-refractivity contribution >= 4 is 15.7 Å². The summed E-state index contributed by atoms with van der Waals surface area (Å²) in [6.45, 7) is 5.35. The third-order valence-corrected chi connectivity index (χ3v) is 6.01. The van der Waals surface area contributed by atoms with Crippen LogP contribution in [0.5, 0.6) is 0 Å². The van der Waals surface area contributed by atoms with Gasteiger partial charge in [0, 0.05) is 20.2 Å². The fourth-order valence-corrected chi connectivity index (χ4v) is 4.54. The Labute approximate surface area is 116 Å². The molecule has 0 aromatic rings. The molecule has 1 heterocycles. The monoisotopic (exact) mass is 291 g/mol. The van der Waals surface area contributed by atoms with Crippen LogP contribution in [0.15, 0.2) is 0 Å². The Kier molecular flexibility index (Phi) is 6.26. The zero-order valence-electron chi connectivity index (χ0n) is 12.1. The number of carbonyl (C=O) groups is 1. The van der Waals surface area contributed by atoms with E-state index in [9.17, 15) is 13.2 Å². The molecule has 1 aliphatic rings. The molecule has 112 valence electrons. The number of sulfone groups is 1. The predicted molar refractivity (Wildman–Crippen MR) is 74.7 cm³/mol. The highest BCUT2D eigenvalue weighted by atomic mass is 32.2. The maximum atomic E-state index is 12.1. The van der Waals surface area contributed by atoms with E-state index in [1.54, 1.807) is 12.0 Å². The van der Waals surface area contributed by atoms with Gasteiger partial charge in [0.15, 0.2) is 9.84 Å². The Morgan fingerprint density at radius 1 is 1.32 bits per heavy atom. The SMILES string of the molecule is COCCC(=O)N1CCC(S(=O)(=O)CC(C)C)CC1. The molecule has 0 saturated carbocycles. The molecule has 0 bridgehead atoms. The molecular formula is C13H25NO4S. The lowest BCUT2D eigenvalue weighted by Gasteiger charge is -2.32. The van der Waals surface area contributed by atoms with Crippen molar-refractivity contribution in [2.75, 3.05) is 32.6 Å². The zero-order valence-corrected chi connectivity index (χ0v) is 12.9. The molecule has 0 spiro atoms. The Morgan fingerprint density at radius 2 is 1.89 bits per heavy atom. The highest BCUT2D eigenvalue weighted by Gasteiger charge is 2.31.